The van der Waals surface area contributed by atoms with E-state index in [1.807, 2.05) is 0 Å². The first-order valence-corrected chi connectivity index (χ1v) is 11.8. The van der Waals surface area contributed by atoms with E-state index in [0.717, 1.165) is 12.3 Å². The predicted molar refractivity (Wildman–Crippen MR) is 118 cm³/mol. The minimum absolute atomic E-state index is 0.244. The first-order valence-electron chi connectivity index (χ1n) is 11.8. The first-order chi connectivity index (χ1) is 13.3. The molecule has 3 saturated carbocycles. The van der Waals surface area contributed by atoms with E-state index >= 15 is 0 Å². The van der Waals surface area contributed by atoms with Gasteiger partial charge in [0.1, 0.15) is 0 Å². The Morgan fingerprint density at radius 3 is 2.14 bits per heavy atom. The number of aromatic nitrogens is 1. The molecule has 0 amide bonds. The van der Waals surface area contributed by atoms with Gasteiger partial charge in [0, 0.05) is 54.1 Å². The van der Waals surface area contributed by atoms with Gasteiger partial charge in [-0.15, -0.1) is 0 Å². The number of pyridine rings is 1. The van der Waals surface area contributed by atoms with Crippen LogP contribution in [0.3, 0.4) is 0 Å². The number of hydrogen-bond donors (Lipinski definition) is 0. The zero-order valence-electron chi connectivity index (χ0n) is 19.0. The third-order valence-electron chi connectivity index (χ3n) is 8.08. The van der Waals surface area contributed by atoms with Gasteiger partial charge < -0.3 is 0 Å². The molecule has 4 fully saturated rings. The van der Waals surface area contributed by atoms with Gasteiger partial charge in [0.2, 0.25) is 0 Å². The summed E-state index contributed by atoms with van der Waals surface area (Å²) >= 11 is 0. The molecule has 0 N–H and O–H groups in total. The molecule has 0 unspecified atom stereocenters. The van der Waals surface area contributed by atoms with Crippen molar-refractivity contribution in [2.24, 2.45) is 5.92 Å². The monoisotopic (exact) mass is 383 g/mol. The van der Waals surface area contributed by atoms with Crippen molar-refractivity contribution in [1.82, 2.24) is 14.8 Å². The highest BCUT2D eigenvalue weighted by molar-refractivity contribution is 5.31. The topological polar surface area (TPSA) is 19.4 Å². The maximum atomic E-state index is 4.98. The number of nitrogens with zero attached hydrogens (tertiary/aromatic N) is 3. The normalized spacial score (nSPS) is 34.6. The van der Waals surface area contributed by atoms with Crippen LogP contribution < -0.4 is 0 Å². The van der Waals surface area contributed by atoms with Gasteiger partial charge in [-0.05, 0) is 76.8 Å². The standard InChI is InChI=1S/C25H41N3/c1-7-20-17-28(24(4,5)6)21(8-2)16-27(20)22(9-3)19-10-11-23(26-15-19)25-12-18(13-25)14-25/h10-11,15,18,20-22H,7-9,12-14,16-17H2,1-6H3/t18?,20-,21+,22+,25?/m1/s1. The van der Waals surface area contributed by atoms with Gasteiger partial charge in [-0.25, -0.2) is 0 Å². The molecule has 2 heterocycles. The van der Waals surface area contributed by atoms with E-state index in [2.05, 4.69) is 69.7 Å². The molecular formula is C25H41N3. The average molecular weight is 384 g/mol. The van der Waals surface area contributed by atoms with Crippen LogP contribution in [-0.4, -0.2) is 45.5 Å². The lowest BCUT2D eigenvalue weighted by atomic mass is 9.43. The van der Waals surface area contributed by atoms with Gasteiger partial charge >= 0.3 is 0 Å². The average Bonchev–Trinajstić information content (AvgIpc) is 2.59. The van der Waals surface area contributed by atoms with Gasteiger partial charge in [0.05, 0.1) is 0 Å². The predicted octanol–water partition coefficient (Wildman–Crippen LogP) is 5.56. The van der Waals surface area contributed by atoms with Crippen LogP contribution in [0.5, 0.6) is 0 Å². The minimum atomic E-state index is 0.244. The molecule has 0 aromatic carbocycles. The summed E-state index contributed by atoms with van der Waals surface area (Å²) in [5.74, 6) is 1.01. The van der Waals surface area contributed by atoms with Crippen molar-refractivity contribution in [3.8, 4) is 0 Å². The van der Waals surface area contributed by atoms with Crippen LogP contribution in [-0.2, 0) is 5.41 Å². The molecule has 3 nitrogen and oxygen atoms in total. The number of rotatable bonds is 6. The lowest BCUT2D eigenvalue weighted by Gasteiger charge is -2.61. The van der Waals surface area contributed by atoms with Crippen LogP contribution >= 0.6 is 0 Å². The van der Waals surface area contributed by atoms with Crippen LogP contribution in [0.15, 0.2) is 18.3 Å². The van der Waals surface area contributed by atoms with Crippen molar-refractivity contribution in [1.29, 1.82) is 0 Å². The van der Waals surface area contributed by atoms with Crippen molar-refractivity contribution < 1.29 is 0 Å². The second-order valence-electron chi connectivity index (χ2n) is 10.8. The van der Waals surface area contributed by atoms with E-state index in [1.54, 1.807) is 0 Å². The van der Waals surface area contributed by atoms with Crippen molar-refractivity contribution >= 4 is 0 Å². The summed E-state index contributed by atoms with van der Waals surface area (Å²) in [6.45, 7) is 16.6. The fraction of sp³-hybridized carbons (Fsp3) is 0.800. The van der Waals surface area contributed by atoms with Crippen molar-refractivity contribution in [3.05, 3.63) is 29.6 Å². The smallest absolute Gasteiger partial charge is 0.0465 e. The maximum Gasteiger partial charge on any atom is 0.0465 e. The van der Waals surface area contributed by atoms with Crippen molar-refractivity contribution in [2.75, 3.05) is 13.1 Å². The maximum absolute atomic E-state index is 4.98. The summed E-state index contributed by atoms with van der Waals surface area (Å²) in [5.41, 5.74) is 3.51. The highest BCUT2D eigenvalue weighted by Gasteiger charge is 2.58. The summed E-state index contributed by atoms with van der Waals surface area (Å²) in [6, 6.07) is 6.53. The second kappa shape index (κ2) is 7.40. The SMILES string of the molecule is CC[C@@H]1CN(C(C)(C)C)[C@@H](CC)CN1[C@@H](CC)c1ccc(C23CC(C2)C3)nc1. The summed E-state index contributed by atoms with van der Waals surface area (Å²) < 4.78 is 0. The van der Waals surface area contributed by atoms with Gasteiger partial charge in [0.15, 0.2) is 0 Å². The molecule has 1 saturated heterocycles. The van der Waals surface area contributed by atoms with Crippen LogP contribution in [0.2, 0.25) is 0 Å². The summed E-state index contributed by atoms with van der Waals surface area (Å²) in [6.07, 6.45) is 9.99. The molecular weight excluding hydrogens is 342 g/mol. The molecule has 5 rings (SSSR count). The Kier molecular flexibility index (Phi) is 5.37. The van der Waals surface area contributed by atoms with Crippen LogP contribution in [0.25, 0.3) is 0 Å². The third-order valence-corrected chi connectivity index (χ3v) is 8.08. The fourth-order valence-corrected chi connectivity index (χ4v) is 6.26. The Balaban J connectivity index is 1.54. The van der Waals surface area contributed by atoms with E-state index < -0.39 is 0 Å². The van der Waals surface area contributed by atoms with Gasteiger partial charge in [-0.2, -0.15) is 0 Å². The van der Waals surface area contributed by atoms with Crippen LogP contribution in [0, 0.1) is 5.92 Å². The van der Waals surface area contributed by atoms with E-state index in [0.29, 0.717) is 23.5 Å². The Morgan fingerprint density at radius 2 is 1.71 bits per heavy atom. The summed E-state index contributed by atoms with van der Waals surface area (Å²) in [7, 11) is 0. The molecule has 0 radical (unpaired) electrons. The van der Waals surface area contributed by atoms with Crippen LogP contribution in [0.4, 0.5) is 0 Å². The van der Waals surface area contributed by atoms with E-state index in [9.17, 15) is 0 Å². The Morgan fingerprint density at radius 1 is 1.04 bits per heavy atom. The quantitative estimate of drug-likeness (QED) is 0.641. The molecule has 28 heavy (non-hydrogen) atoms. The molecule has 1 aromatic heterocycles. The lowest BCUT2D eigenvalue weighted by molar-refractivity contribution is -0.0447. The van der Waals surface area contributed by atoms with Gasteiger partial charge in [0.25, 0.3) is 0 Å². The highest BCUT2D eigenvalue weighted by atomic mass is 15.3. The molecule has 156 valence electrons. The zero-order chi connectivity index (χ0) is 20.1. The van der Waals surface area contributed by atoms with Gasteiger partial charge in [-0.3, -0.25) is 14.8 Å². The molecule has 3 heteroatoms. The molecule has 3 atom stereocenters. The summed E-state index contributed by atoms with van der Waals surface area (Å²) in [4.78, 5) is 10.6. The minimum Gasteiger partial charge on any atom is -0.293 e. The Labute approximate surface area is 172 Å². The van der Waals surface area contributed by atoms with Crippen LogP contribution in [0.1, 0.15) is 97.4 Å². The zero-order valence-corrected chi connectivity index (χ0v) is 19.0. The molecule has 4 aliphatic rings. The fourth-order valence-electron chi connectivity index (χ4n) is 6.26. The molecule has 3 aliphatic carbocycles. The number of piperazine rings is 1. The van der Waals surface area contributed by atoms with Crippen molar-refractivity contribution in [3.63, 3.8) is 0 Å². The Bertz CT molecular complexity index is 657. The largest absolute Gasteiger partial charge is 0.293 e. The second-order valence-corrected chi connectivity index (χ2v) is 10.8. The molecule has 0 spiro atoms. The molecule has 1 aliphatic heterocycles. The van der Waals surface area contributed by atoms with E-state index in [-0.39, 0.29) is 5.54 Å². The highest BCUT2D eigenvalue weighted by Crippen LogP contribution is 2.64. The molecule has 1 aromatic rings. The summed E-state index contributed by atoms with van der Waals surface area (Å²) in [5, 5.41) is 0. The lowest BCUT2D eigenvalue weighted by Crippen LogP contribution is -2.63. The Hall–Kier alpha value is -0.930. The number of hydrogen-bond acceptors (Lipinski definition) is 3. The van der Waals surface area contributed by atoms with E-state index in [4.69, 9.17) is 4.98 Å². The third kappa shape index (κ3) is 3.33. The first kappa shape index (κ1) is 20.3. The van der Waals surface area contributed by atoms with Gasteiger partial charge in [-0.1, -0.05) is 26.8 Å². The van der Waals surface area contributed by atoms with E-state index in [1.165, 1.54) is 56.5 Å². The molecule has 2 bridgehead atoms. The van der Waals surface area contributed by atoms with Crippen molar-refractivity contribution in [2.45, 2.75) is 109 Å².